The Morgan fingerprint density at radius 1 is 1.47 bits per heavy atom. The largest absolute Gasteiger partial charge is 0.481 e. The molecule has 0 saturated heterocycles. The molecule has 0 radical (unpaired) electrons. The fourth-order valence-electron chi connectivity index (χ4n) is 1.74. The molecule has 0 spiro atoms. The minimum absolute atomic E-state index is 0.210. The quantitative estimate of drug-likeness (QED) is 0.854. The summed E-state index contributed by atoms with van der Waals surface area (Å²) in [4.78, 5) is 10.5. The molecule has 1 aromatic rings. The summed E-state index contributed by atoms with van der Waals surface area (Å²) < 4.78 is 39.6. The van der Waals surface area contributed by atoms with Crippen LogP contribution in [0.3, 0.4) is 0 Å². The van der Waals surface area contributed by atoms with Crippen molar-refractivity contribution in [2.75, 3.05) is 6.54 Å². The van der Waals surface area contributed by atoms with Crippen LogP contribution >= 0.6 is 0 Å². The van der Waals surface area contributed by atoms with Crippen LogP contribution in [-0.2, 0) is 14.8 Å². The molecule has 1 aromatic carbocycles. The topological polar surface area (TPSA) is 83.5 Å². The van der Waals surface area contributed by atoms with E-state index in [9.17, 15) is 17.6 Å². The number of benzene rings is 1. The number of carboxylic acid groups (broad SMARTS) is 1. The molecule has 1 saturated carbocycles. The van der Waals surface area contributed by atoms with E-state index in [2.05, 4.69) is 4.72 Å². The van der Waals surface area contributed by atoms with Crippen molar-refractivity contribution in [2.24, 2.45) is 5.41 Å². The highest BCUT2D eigenvalue weighted by Gasteiger charge is 2.50. The van der Waals surface area contributed by atoms with Crippen molar-refractivity contribution in [3.8, 4) is 0 Å². The van der Waals surface area contributed by atoms with Crippen molar-refractivity contribution in [1.29, 1.82) is 0 Å². The number of rotatable bonds is 5. The molecule has 0 bridgehead atoms. The molecule has 1 aliphatic carbocycles. The molecule has 0 unspecified atom stereocenters. The van der Waals surface area contributed by atoms with E-state index in [0.29, 0.717) is 18.4 Å². The van der Waals surface area contributed by atoms with Gasteiger partial charge in [-0.3, -0.25) is 4.79 Å². The molecule has 0 aromatic heterocycles. The predicted molar refractivity (Wildman–Crippen MR) is 65.6 cm³/mol. The van der Waals surface area contributed by atoms with Crippen molar-refractivity contribution in [3.05, 3.63) is 29.6 Å². The number of sulfonamides is 1. The summed E-state index contributed by atoms with van der Waals surface area (Å²) in [5.74, 6) is -1.88. The smallest absolute Gasteiger partial charge is 0.310 e. The SMILES string of the molecule is Cc1ccc(F)c(S(=O)(=O)NCC2(C(=O)O)CC2)c1. The summed E-state index contributed by atoms with van der Waals surface area (Å²) >= 11 is 0. The summed E-state index contributed by atoms with van der Waals surface area (Å²) in [7, 11) is -4.03. The Balaban J connectivity index is 2.19. The number of hydrogen-bond donors (Lipinski definition) is 2. The van der Waals surface area contributed by atoms with Crippen LogP contribution in [0.4, 0.5) is 4.39 Å². The van der Waals surface area contributed by atoms with Gasteiger partial charge in [0.2, 0.25) is 10.0 Å². The van der Waals surface area contributed by atoms with Gasteiger partial charge in [-0.1, -0.05) is 6.07 Å². The molecule has 2 N–H and O–H groups in total. The third-order valence-corrected chi connectivity index (χ3v) is 4.70. The highest BCUT2D eigenvalue weighted by Crippen LogP contribution is 2.45. The molecule has 0 atom stereocenters. The number of aliphatic carboxylic acids is 1. The van der Waals surface area contributed by atoms with Crippen LogP contribution in [0.15, 0.2) is 23.1 Å². The number of carboxylic acids is 1. The van der Waals surface area contributed by atoms with E-state index >= 15 is 0 Å². The van der Waals surface area contributed by atoms with Crippen molar-refractivity contribution < 1.29 is 22.7 Å². The van der Waals surface area contributed by atoms with Gasteiger partial charge in [-0.2, -0.15) is 0 Å². The van der Waals surface area contributed by atoms with Crippen LogP contribution < -0.4 is 4.72 Å². The second-order valence-corrected chi connectivity index (χ2v) is 6.58. The lowest BCUT2D eigenvalue weighted by Gasteiger charge is -2.12. The van der Waals surface area contributed by atoms with Gasteiger partial charge >= 0.3 is 5.97 Å². The highest BCUT2D eigenvalue weighted by molar-refractivity contribution is 7.89. The molecule has 0 heterocycles. The molecular weight excluding hydrogens is 273 g/mol. The first kappa shape index (κ1) is 14.0. The Hall–Kier alpha value is -1.47. The average Bonchev–Trinajstić information content (AvgIpc) is 3.11. The Kier molecular flexibility index (Phi) is 3.36. The number of hydrogen-bond acceptors (Lipinski definition) is 3. The molecule has 104 valence electrons. The Morgan fingerprint density at radius 2 is 2.11 bits per heavy atom. The Labute approximate surface area is 110 Å². The fourth-order valence-corrected chi connectivity index (χ4v) is 3.03. The zero-order chi connectivity index (χ0) is 14.3. The van der Waals surface area contributed by atoms with Crippen molar-refractivity contribution in [3.63, 3.8) is 0 Å². The third kappa shape index (κ3) is 2.76. The van der Waals surface area contributed by atoms with Gasteiger partial charge in [-0.05, 0) is 37.5 Å². The fraction of sp³-hybridized carbons (Fsp3) is 0.417. The summed E-state index contributed by atoms with van der Waals surface area (Å²) in [5.41, 5.74) is -0.408. The Morgan fingerprint density at radius 3 is 2.63 bits per heavy atom. The normalized spacial score (nSPS) is 17.2. The maximum absolute atomic E-state index is 13.5. The van der Waals surface area contributed by atoms with E-state index < -0.39 is 32.1 Å². The number of carbonyl (C=O) groups is 1. The average molecular weight is 287 g/mol. The standard InChI is InChI=1S/C12H14FNO4S/c1-8-2-3-9(13)10(6-8)19(17,18)14-7-12(4-5-12)11(15)16/h2-3,6,14H,4-5,7H2,1H3,(H,15,16). The van der Waals surface area contributed by atoms with Crippen LogP contribution in [0, 0.1) is 18.2 Å². The van der Waals surface area contributed by atoms with Crippen molar-refractivity contribution in [2.45, 2.75) is 24.7 Å². The minimum atomic E-state index is -4.03. The number of halogens is 1. The molecule has 0 aliphatic heterocycles. The van der Waals surface area contributed by atoms with E-state index in [1.165, 1.54) is 12.1 Å². The highest BCUT2D eigenvalue weighted by atomic mass is 32.2. The number of aryl methyl sites for hydroxylation is 1. The van der Waals surface area contributed by atoms with Gasteiger partial charge in [0.05, 0.1) is 5.41 Å². The first-order valence-electron chi connectivity index (χ1n) is 5.76. The summed E-state index contributed by atoms with van der Waals surface area (Å²) in [6.45, 7) is 1.44. The van der Waals surface area contributed by atoms with E-state index in [1.54, 1.807) is 6.92 Å². The van der Waals surface area contributed by atoms with E-state index in [1.807, 2.05) is 0 Å². The van der Waals surface area contributed by atoms with Gasteiger partial charge in [0.15, 0.2) is 0 Å². The second-order valence-electron chi connectivity index (χ2n) is 4.84. The molecule has 1 aliphatic rings. The summed E-state index contributed by atoms with van der Waals surface area (Å²) in [6.07, 6.45) is 0.863. The first-order chi connectivity index (χ1) is 8.77. The minimum Gasteiger partial charge on any atom is -0.481 e. The Bertz CT molecular complexity index is 623. The van der Waals surface area contributed by atoms with Crippen LogP contribution in [0.1, 0.15) is 18.4 Å². The molecule has 1 fully saturated rings. The lowest BCUT2D eigenvalue weighted by Crippen LogP contribution is -2.34. The number of nitrogens with one attached hydrogen (secondary N) is 1. The zero-order valence-electron chi connectivity index (χ0n) is 10.3. The van der Waals surface area contributed by atoms with Crippen LogP contribution in [0.5, 0.6) is 0 Å². The van der Waals surface area contributed by atoms with Gasteiger partial charge in [0, 0.05) is 6.54 Å². The maximum atomic E-state index is 13.5. The predicted octanol–water partition coefficient (Wildman–Crippen LogP) is 1.28. The van der Waals surface area contributed by atoms with Crippen LogP contribution in [-0.4, -0.2) is 26.0 Å². The van der Waals surface area contributed by atoms with Crippen LogP contribution in [0.2, 0.25) is 0 Å². The second kappa shape index (κ2) is 4.57. The van der Waals surface area contributed by atoms with Crippen molar-refractivity contribution in [1.82, 2.24) is 4.72 Å². The van der Waals surface area contributed by atoms with Crippen LogP contribution in [0.25, 0.3) is 0 Å². The monoisotopic (exact) mass is 287 g/mol. The molecule has 7 heteroatoms. The van der Waals surface area contributed by atoms with Gasteiger partial charge in [-0.15, -0.1) is 0 Å². The van der Waals surface area contributed by atoms with E-state index in [4.69, 9.17) is 5.11 Å². The van der Waals surface area contributed by atoms with Gasteiger partial charge < -0.3 is 5.11 Å². The molecule has 0 amide bonds. The summed E-state index contributed by atoms with van der Waals surface area (Å²) in [6, 6.07) is 3.76. The van der Waals surface area contributed by atoms with E-state index in [0.717, 1.165) is 6.07 Å². The van der Waals surface area contributed by atoms with Gasteiger partial charge in [0.25, 0.3) is 0 Å². The molecule has 19 heavy (non-hydrogen) atoms. The van der Waals surface area contributed by atoms with Gasteiger partial charge in [-0.25, -0.2) is 17.5 Å². The lowest BCUT2D eigenvalue weighted by molar-refractivity contribution is -0.143. The molecule has 2 rings (SSSR count). The summed E-state index contributed by atoms with van der Waals surface area (Å²) in [5, 5.41) is 8.96. The zero-order valence-corrected chi connectivity index (χ0v) is 11.1. The van der Waals surface area contributed by atoms with Crippen molar-refractivity contribution >= 4 is 16.0 Å². The maximum Gasteiger partial charge on any atom is 0.310 e. The van der Waals surface area contributed by atoms with Gasteiger partial charge in [0.1, 0.15) is 10.7 Å². The molecular formula is C12H14FNO4S. The lowest BCUT2D eigenvalue weighted by atomic mass is 10.1. The van der Waals surface area contributed by atoms with E-state index in [-0.39, 0.29) is 6.54 Å². The molecule has 5 nitrogen and oxygen atoms in total. The third-order valence-electron chi connectivity index (χ3n) is 3.28. The first-order valence-corrected chi connectivity index (χ1v) is 7.24.